The molecule has 1 aliphatic heterocycles. The Morgan fingerprint density at radius 2 is 1.85 bits per heavy atom. The van der Waals surface area contributed by atoms with Crippen LogP contribution in [0.25, 0.3) is 0 Å². The van der Waals surface area contributed by atoms with Crippen molar-refractivity contribution in [1.29, 1.82) is 0 Å². The number of hydrogen-bond acceptors (Lipinski definition) is 7. The lowest BCUT2D eigenvalue weighted by Crippen LogP contribution is -2.35. The molecule has 3 unspecified atom stereocenters. The van der Waals surface area contributed by atoms with Crippen molar-refractivity contribution in [1.82, 2.24) is 5.01 Å². The van der Waals surface area contributed by atoms with Gasteiger partial charge in [0.2, 0.25) is 0 Å². The summed E-state index contributed by atoms with van der Waals surface area (Å²) in [6.07, 6.45) is 2.80. The molecule has 0 amide bonds. The summed E-state index contributed by atoms with van der Waals surface area (Å²) in [6, 6.07) is 14.5. The molecule has 2 aromatic rings. The number of nitrogens with zero attached hydrogens (tertiary/aromatic N) is 2. The Hall–Kier alpha value is -2.84. The Morgan fingerprint density at radius 1 is 1.12 bits per heavy atom. The number of benzene rings is 2. The molecule has 1 saturated heterocycles. The Balaban J connectivity index is 1.63. The number of fused-ring (bicyclic) bond motifs is 1. The highest BCUT2D eigenvalue weighted by atomic mass is 32.2. The van der Waals surface area contributed by atoms with Gasteiger partial charge >= 0.3 is 5.97 Å². The van der Waals surface area contributed by atoms with Gasteiger partial charge in [0.25, 0.3) is 0 Å². The molecule has 2 aromatic carbocycles. The van der Waals surface area contributed by atoms with Crippen molar-refractivity contribution in [2.75, 3.05) is 31.2 Å². The van der Waals surface area contributed by atoms with Gasteiger partial charge in [-0.3, -0.25) is 18.8 Å². The van der Waals surface area contributed by atoms with E-state index in [0.717, 1.165) is 11.1 Å². The van der Waals surface area contributed by atoms with Crippen LogP contribution in [-0.4, -0.2) is 58.4 Å². The zero-order valence-electron chi connectivity index (χ0n) is 19.4. The first-order valence-corrected chi connectivity index (χ1v) is 13.2. The second-order valence-corrected chi connectivity index (χ2v) is 10.4. The van der Waals surface area contributed by atoms with Gasteiger partial charge in [0, 0.05) is 64.7 Å². The zero-order valence-corrected chi connectivity index (χ0v) is 20.2. The fraction of sp³-hybridized carbons (Fsp3) is 0.423. The van der Waals surface area contributed by atoms with Gasteiger partial charge in [0.15, 0.2) is 5.78 Å². The van der Waals surface area contributed by atoms with Crippen LogP contribution in [0.15, 0.2) is 53.6 Å². The summed E-state index contributed by atoms with van der Waals surface area (Å²) in [4.78, 5) is 25.3. The predicted molar refractivity (Wildman–Crippen MR) is 133 cm³/mol. The van der Waals surface area contributed by atoms with E-state index >= 15 is 0 Å². The van der Waals surface area contributed by atoms with Crippen LogP contribution in [0.2, 0.25) is 0 Å². The molecular weight excluding hydrogens is 450 g/mol. The number of hydrogen-bond donors (Lipinski definition) is 1. The molecule has 0 spiro atoms. The molecule has 3 atom stereocenters. The number of rotatable bonds is 7. The van der Waals surface area contributed by atoms with Crippen LogP contribution >= 0.6 is 0 Å². The predicted octanol–water partition coefficient (Wildman–Crippen LogP) is 3.02. The summed E-state index contributed by atoms with van der Waals surface area (Å²) in [7, 11) is -0.763. The zero-order chi connectivity index (χ0) is 24.1. The lowest BCUT2D eigenvalue weighted by Gasteiger charge is -2.35. The van der Waals surface area contributed by atoms with Crippen LogP contribution < -0.4 is 5.73 Å². The van der Waals surface area contributed by atoms with Crippen LogP contribution in [0.3, 0.4) is 0 Å². The molecule has 8 heteroatoms. The monoisotopic (exact) mass is 481 g/mol. The minimum Gasteiger partial charge on any atom is -0.466 e. The first-order valence-electron chi connectivity index (χ1n) is 11.7. The van der Waals surface area contributed by atoms with Crippen LogP contribution in [0.4, 0.5) is 0 Å². The summed E-state index contributed by atoms with van der Waals surface area (Å²) in [6.45, 7) is 3.45. The van der Waals surface area contributed by atoms with Crippen molar-refractivity contribution in [2.24, 2.45) is 16.8 Å². The SMILES string of the molecule is CCOC(=O)CC1CC(C=NN2CCS(=O)CC2)c2ccc(C(=O)c3ccccc3)cc2C1N. The average molecular weight is 482 g/mol. The fourth-order valence-electron chi connectivity index (χ4n) is 4.66. The van der Waals surface area contributed by atoms with Crippen molar-refractivity contribution >= 4 is 28.8 Å². The summed E-state index contributed by atoms with van der Waals surface area (Å²) >= 11 is 0. The Kier molecular flexibility index (Phi) is 7.90. The standard InChI is InChI=1S/C26H31N3O4S/c1-2-33-24(30)16-20-14-21(17-28-29-10-12-34(32)13-11-29)22-9-8-19(15-23(22)25(20)27)26(31)18-6-4-3-5-7-18/h3-9,15,17,20-21,25H,2,10-14,16,27H2,1H3. The van der Waals surface area contributed by atoms with E-state index in [1.165, 1.54) is 0 Å². The maximum Gasteiger partial charge on any atom is 0.306 e. The van der Waals surface area contributed by atoms with E-state index in [2.05, 4.69) is 5.10 Å². The quantitative estimate of drug-likeness (QED) is 0.371. The normalized spacial score (nSPS) is 23.0. The molecule has 1 heterocycles. The molecule has 1 aliphatic carbocycles. The number of ketones is 1. The molecule has 0 radical (unpaired) electrons. The fourth-order valence-corrected chi connectivity index (χ4v) is 5.69. The third kappa shape index (κ3) is 5.62. The number of carbonyl (C=O) groups is 2. The largest absolute Gasteiger partial charge is 0.466 e. The van der Waals surface area contributed by atoms with Gasteiger partial charge in [-0.05, 0) is 36.5 Å². The Bertz CT molecular complexity index is 1080. The molecule has 2 N–H and O–H groups in total. The third-order valence-electron chi connectivity index (χ3n) is 6.51. The van der Waals surface area contributed by atoms with Gasteiger partial charge in [-0.2, -0.15) is 5.10 Å². The summed E-state index contributed by atoms with van der Waals surface area (Å²) in [5, 5.41) is 6.62. The van der Waals surface area contributed by atoms with Crippen molar-refractivity contribution in [3.05, 3.63) is 70.8 Å². The smallest absolute Gasteiger partial charge is 0.306 e. The molecule has 2 aliphatic rings. The number of ether oxygens (including phenoxy) is 1. The molecule has 0 bridgehead atoms. The number of hydrazone groups is 1. The minimum atomic E-state index is -0.763. The van der Waals surface area contributed by atoms with Gasteiger partial charge in [-0.25, -0.2) is 0 Å². The van der Waals surface area contributed by atoms with Crippen LogP contribution in [0.1, 0.15) is 58.8 Å². The second kappa shape index (κ2) is 11.1. The minimum absolute atomic E-state index is 0.0393. The van der Waals surface area contributed by atoms with E-state index in [1.54, 1.807) is 19.1 Å². The third-order valence-corrected chi connectivity index (χ3v) is 7.78. The Labute approximate surface area is 202 Å². The molecular formula is C26H31N3O4S. The van der Waals surface area contributed by atoms with Gasteiger partial charge in [0.05, 0.1) is 13.0 Å². The van der Waals surface area contributed by atoms with Crippen LogP contribution in [0.5, 0.6) is 0 Å². The molecule has 1 fully saturated rings. The van der Waals surface area contributed by atoms with Crippen molar-refractivity contribution in [3.63, 3.8) is 0 Å². The molecule has 4 rings (SSSR count). The number of esters is 1. The molecule has 0 aromatic heterocycles. The van der Waals surface area contributed by atoms with E-state index in [4.69, 9.17) is 10.5 Å². The molecule has 0 saturated carbocycles. The average Bonchev–Trinajstić information content (AvgIpc) is 2.86. The lowest BCUT2D eigenvalue weighted by atomic mass is 9.72. The first kappa shape index (κ1) is 24.3. The first-order chi connectivity index (χ1) is 16.5. The number of carbonyl (C=O) groups excluding carboxylic acids is 2. The highest BCUT2D eigenvalue weighted by molar-refractivity contribution is 7.85. The highest BCUT2D eigenvalue weighted by Gasteiger charge is 2.34. The lowest BCUT2D eigenvalue weighted by molar-refractivity contribution is -0.144. The second-order valence-electron chi connectivity index (χ2n) is 8.74. The summed E-state index contributed by atoms with van der Waals surface area (Å²) < 4.78 is 16.8. The molecule has 180 valence electrons. The topological polar surface area (TPSA) is 102 Å². The van der Waals surface area contributed by atoms with E-state index in [9.17, 15) is 13.8 Å². The maximum absolute atomic E-state index is 13.1. The van der Waals surface area contributed by atoms with E-state index in [0.29, 0.717) is 48.7 Å². The van der Waals surface area contributed by atoms with E-state index in [-0.39, 0.29) is 36.1 Å². The van der Waals surface area contributed by atoms with E-state index in [1.807, 2.05) is 47.6 Å². The Morgan fingerprint density at radius 3 is 2.56 bits per heavy atom. The van der Waals surface area contributed by atoms with Gasteiger partial charge in [-0.15, -0.1) is 0 Å². The maximum atomic E-state index is 13.1. The molecule has 34 heavy (non-hydrogen) atoms. The van der Waals surface area contributed by atoms with Gasteiger partial charge in [0.1, 0.15) is 0 Å². The highest BCUT2D eigenvalue weighted by Crippen LogP contribution is 2.41. The van der Waals surface area contributed by atoms with Crippen molar-refractivity contribution in [3.8, 4) is 0 Å². The van der Waals surface area contributed by atoms with Gasteiger partial charge in [-0.1, -0.05) is 42.5 Å². The van der Waals surface area contributed by atoms with Crippen molar-refractivity contribution in [2.45, 2.75) is 31.7 Å². The number of nitrogens with two attached hydrogens (primary N) is 1. The summed E-state index contributed by atoms with van der Waals surface area (Å²) in [5.74, 6) is 0.757. The van der Waals surface area contributed by atoms with E-state index < -0.39 is 10.8 Å². The van der Waals surface area contributed by atoms with Crippen LogP contribution in [0, 0.1) is 5.92 Å². The molecule has 7 nitrogen and oxygen atoms in total. The van der Waals surface area contributed by atoms with Crippen molar-refractivity contribution < 1.29 is 18.5 Å². The van der Waals surface area contributed by atoms with Gasteiger partial charge < -0.3 is 10.5 Å². The van der Waals surface area contributed by atoms with Crippen LogP contribution in [-0.2, 0) is 20.3 Å². The summed E-state index contributed by atoms with van der Waals surface area (Å²) in [5.41, 5.74) is 9.75.